The summed E-state index contributed by atoms with van der Waals surface area (Å²) in [6.45, 7) is 4.18. The highest BCUT2D eigenvalue weighted by atomic mass is 15.3. The Balaban J connectivity index is 1.49. The topological polar surface area (TPSA) is 73.1 Å². The average molecular weight is 354 g/mol. The van der Waals surface area contributed by atoms with E-state index in [1.807, 2.05) is 10.9 Å². The molecule has 0 spiro atoms. The molecule has 0 amide bonds. The maximum atomic E-state index is 6.86. The van der Waals surface area contributed by atoms with Crippen LogP contribution < -0.4 is 16.4 Å². The number of hydrogen-bond donors (Lipinski definition) is 2. The lowest BCUT2D eigenvalue weighted by Crippen LogP contribution is -2.64. The van der Waals surface area contributed by atoms with Crippen molar-refractivity contribution in [1.82, 2.24) is 9.78 Å². The molecule has 140 valence electrons. The van der Waals surface area contributed by atoms with Crippen LogP contribution in [0.15, 0.2) is 36.7 Å². The van der Waals surface area contributed by atoms with Crippen LogP contribution in [0.25, 0.3) is 5.69 Å². The summed E-state index contributed by atoms with van der Waals surface area (Å²) in [7, 11) is 0. The zero-order valence-electron chi connectivity index (χ0n) is 15.8. The molecule has 5 nitrogen and oxygen atoms in total. The lowest BCUT2D eigenvalue weighted by Gasteiger charge is -2.49. The Morgan fingerprint density at radius 2 is 1.85 bits per heavy atom. The van der Waals surface area contributed by atoms with Crippen LogP contribution in [-0.2, 0) is 0 Å². The summed E-state index contributed by atoms with van der Waals surface area (Å²) in [6.07, 6.45) is 10.9. The minimum absolute atomic E-state index is 0.145. The second kappa shape index (κ2) is 7.05. The third-order valence-corrected chi connectivity index (χ3v) is 6.44. The third kappa shape index (κ3) is 3.26. The third-order valence-electron chi connectivity index (χ3n) is 6.44. The molecule has 4 rings (SSSR count). The summed E-state index contributed by atoms with van der Waals surface area (Å²) < 4.78 is 1.92. The molecule has 26 heavy (non-hydrogen) atoms. The highest BCUT2D eigenvalue weighted by molar-refractivity contribution is 5.51. The van der Waals surface area contributed by atoms with Crippen LogP contribution in [0.2, 0.25) is 0 Å². The quantitative estimate of drug-likeness (QED) is 0.890. The first kappa shape index (κ1) is 17.6. The summed E-state index contributed by atoms with van der Waals surface area (Å²) in [4.78, 5) is 2.49. The predicted octanol–water partition coefficient (Wildman–Crippen LogP) is 3.00. The highest BCUT2D eigenvalue weighted by Crippen LogP contribution is 2.37. The predicted molar refractivity (Wildman–Crippen MR) is 107 cm³/mol. The van der Waals surface area contributed by atoms with E-state index in [-0.39, 0.29) is 11.6 Å². The van der Waals surface area contributed by atoms with Gasteiger partial charge in [-0.1, -0.05) is 12.8 Å². The summed E-state index contributed by atoms with van der Waals surface area (Å²) in [5.74, 6) is 0.486. The molecule has 0 bridgehead atoms. The lowest BCUT2D eigenvalue weighted by atomic mass is 9.68. The van der Waals surface area contributed by atoms with Crippen molar-refractivity contribution >= 4 is 5.69 Å². The van der Waals surface area contributed by atoms with Gasteiger partial charge in [0.1, 0.15) is 0 Å². The molecule has 2 aromatic rings. The maximum Gasteiger partial charge on any atom is 0.0647 e. The fraction of sp³-hybridized carbons (Fsp3) is 0.571. The van der Waals surface area contributed by atoms with E-state index < -0.39 is 0 Å². The Kier molecular flexibility index (Phi) is 4.76. The molecular weight excluding hydrogens is 322 g/mol. The van der Waals surface area contributed by atoms with E-state index in [1.54, 1.807) is 0 Å². The van der Waals surface area contributed by atoms with Crippen molar-refractivity contribution < 1.29 is 0 Å². The Morgan fingerprint density at radius 1 is 1.08 bits per heavy atom. The molecule has 4 N–H and O–H groups in total. The monoisotopic (exact) mass is 353 g/mol. The molecule has 1 aromatic heterocycles. The van der Waals surface area contributed by atoms with Gasteiger partial charge in [0, 0.05) is 36.6 Å². The number of nitrogens with zero attached hydrogens (tertiary/aromatic N) is 3. The second-order valence-electron chi connectivity index (χ2n) is 8.23. The molecule has 0 radical (unpaired) electrons. The van der Waals surface area contributed by atoms with Gasteiger partial charge < -0.3 is 16.4 Å². The molecular formula is C21H31N5. The number of benzene rings is 1. The van der Waals surface area contributed by atoms with Gasteiger partial charge in [-0.25, -0.2) is 4.68 Å². The van der Waals surface area contributed by atoms with Crippen molar-refractivity contribution in [3.05, 3.63) is 42.2 Å². The van der Waals surface area contributed by atoms with E-state index in [0.717, 1.165) is 31.6 Å². The highest BCUT2D eigenvalue weighted by Gasteiger charge is 2.43. The van der Waals surface area contributed by atoms with Crippen LogP contribution in [0.4, 0.5) is 5.69 Å². The normalized spacial score (nSPS) is 29.7. The number of aromatic nitrogens is 2. The molecule has 2 aliphatic rings. The first-order valence-electron chi connectivity index (χ1n) is 9.97. The Morgan fingerprint density at radius 3 is 2.54 bits per heavy atom. The standard InChI is InChI=1S/C21H31N5/c1-16-13-24-26(14-16)19-9-7-18(8-10-19)25-12-4-5-17(15-25)21(23)11-3-2-6-20(21)22/h7-10,13-14,17,20H,2-6,11-12,15,22-23H2,1H3/t17-,20?,21?/m0/s1. The van der Waals surface area contributed by atoms with E-state index in [1.165, 1.54) is 36.9 Å². The molecule has 1 saturated carbocycles. The zero-order chi connectivity index (χ0) is 18.1. The van der Waals surface area contributed by atoms with Gasteiger partial charge >= 0.3 is 0 Å². The number of piperidine rings is 1. The van der Waals surface area contributed by atoms with Gasteiger partial charge in [-0.05, 0) is 68.4 Å². The largest absolute Gasteiger partial charge is 0.371 e. The fourth-order valence-electron chi connectivity index (χ4n) is 4.78. The average Bonchev–Trinajstić information content (AvgIpc) is 3.11. The number of hydrogen-bond acceptors (Lipinski definition) is 4. The minimum Gasteiger partial charge on any atom is -0.371 e. The summed E-state index contributed by atoms with van der Waals surface area (Å²) in [5.41, 5.74) is 16.7. The van der Waals surface area contributed by atoms with Crippen molar-refractivity contribution in [1.29, 1.82) is 0 Å². The van der Waals surface area contributed by atoms with E-state index in [2.05, 4.69) is 47.4 Å². The number of rotatable bonds is 3. The molecule has 3 atom stereocenters. The summed E-state index contributed by atoms with van der Waals surface area (Å²) >= 11 is 0. The van der Waals surface area contributed by atoms with Crippen molar-refractivity contribution in [2.45, 2.75) is 57.0 Å². The molecule has 1 aromatic carbocycles. The first-order valence-corrected chi connectivity index (χ1v) is 9.97. The second-order valence-corrected chi connectivity index (χ2v) is 8.23. The van der Waals surface area contributed by atoms with E-state index in [0.29, 0.717) is 5.92 Å². The molecule has 2 fully saturated rings. The van der Waals surface area contributed by atoms with Crippen molar-refractivity contribution in [3.63, 3.8) is 0 Å². The molecule has 1 saturated heterocycles. The van der Waals surface area contributed by atoms with Gasteiger partial charge in [-0.3, -0.25) is 0 Å². The van der Waals surface area contributed by atoms with Crippen molar-refractivity contribution in [2.24, 2.45) is 17.4 Å². The van der Waals surface area contributed by atoms with Gasteiger partial charge in [-0.15, -0.1) is 0 Å². The van der Waals surface area contributed by atoms with Gasteiger partial charge in [0.25, 0.3) is 0 Å². The maximum absolute atomic E-state index is 6.86. The van der Waals surface area contributed by atoms with Crippen molar-refractivity contribution in [2.75, 3.05) is 18.0 Å². The van der Waals surface area contributed by atoms with Gasteiger partial charge in [-0.2, -0.15) is 5.10 Å². The van der Waals surface area contributed by atoms with Crippen LogP contribution in [-0.4, -0.2) is 34.5 Å². The lowest BCUT2D eigenvalue weighted by molar-refractivity contribution is 0.148. The molecule has 2 unspecified atom stereocenters. The Labute approximate surface area is 156 Å². The molecule has 2 heterocycles. The SMILES string of the molecule is Cc1cnn(-c2ccc(N3CCC[C@H](C4(N)CCCCC4N)C3)cc2)c1. The fourth-order valence-corrected chi connectivity index (χ4v) is 4.78. The zero-order valence-corrected chi connectivity index (χ0v) is 15.8. The van der Waals surface area contributed by atoms with Gasteiger partial charge in [0.05, 0.1) is 11.9 Å². The number of anilines is 1. The van der Waals surface area contributed by atoms with Crippen LogP contribution in [0.5, 0.6) is 0 Å². The summed E-state index contributed by atoms with van der Waals surface area (Å²) in [5, 5.41) is 4.39. The Hall–Kier alpha value is -1.85. The molecule has 1 aliphatic carbocycles. The van der Waals surface area contributed by atoms with Crippen molar-refractivity contribution in [3.8, 4) is 5.69 Å². The number of aryl methyl sites for hydroxylation is 1. The van der Waals surface area contributed by atoms with E-state index in [9.17, 15) is 0 Å². The molecule has 5 heteroatoms. The van der Waals surface area contributed by atoms with E-state index in [4.69, 9.17) is 11.5 Å². The van der Waals surface area contributed by atoms with Crippen LogP contribution in [0.3, 0.4) is 0 Å². The van der Waals surface area contributed by atoms with Crippen LogP contribution in [0, 0.1) is 12.8 Å². The molecule has 1 aliphatic heterocycles. The van der Waals surface area contributed by atoms with Crippen LogP contribution >= 0.6 is 0 Å². The van der Waals surface area contributed by atoms with Gasteiger partial charge in [0.15, 0.2) is 0 Å². The summed E-state index contributed by atoms with van der Waals surface area (Å²) in [6, 6.07) is 8.86. The Bertz CT molecular complexity index is 737. The van der Waals surface area contributed by atoms with E-state index >= 15 is 0 Å². The minimum atomic E-state index is -0.191. The first-order chi connectivity index (χ1) is 12.6. The van der Waals surface area contributed by atoms with Crippen LogP contribution in [0.1, 0.15) is 44.1 Å². The number of nitrogens with two attached hydrogens (primary N) is 2. The van der Waals surface area contributed by atoms with Gasteiger partial charge in [0.2, 0.25) is 0 Å². The smallest absolute Gasteiger partial charge is 0.0647 e.